The largest absolute Gasteiger partial charge is 0.359 e. The normalized spacial score (nSPS) is 11.3. The second-order valence-electron chi connectivity index (χ2n) is 4.67. The highest BCUT2D eigenvalue weighted by atomic mass is 35.5. The first-order valence-electron chi connectivity index (χ1n) is 6.34. The zero-order valence-electron chi connectivity index (χ0n) is 10.7. The van der Waals surface area contributed by atoms with Crippen LogP contribution < -0.4 is 5.56 Å². The second-order valence-corrected chi connectivity index (χ2v) is 5.10. The van der Waals surface area contributed by atoms with Crippen molar-refractivity contribution in [2.24, 2.45) is 0 Å². The summed E-state index contributed by atoms with van der Waals surface area (Å²) in [6.45, 7) is 0. The Kier molecular flexibility index (Phi) is 2.55. The summed E-state index contributed by atoms with van der Waals surface area (Å²) in [4.78, 5) is 19.6. The quantitative estimate of drug-likeness (QED) is 0.587. The van der Waals surface area contributed by atoms with Crippen molar-refractivity contribution >= 4 is 22.5 Å². The lowest BCUT2D eigenvalue weighted by atomic mass is 10.1. The van der Waals surface area contributed by atoms with Crippen molar-refractivity contribution in [2.45, 2.75) is 0 Å². The third-order valence-corrected chi connectivity index (χ3v) is 3.65. The number of aromatic amines is 1. The number of hydrogen-bond donors (Lipinski definition) is 1. The number of rotatable bonds is 1. The van der Waals surface area contributed by atoms with Gasteiger partial charge in [-0.05, 0) is 30.3 Å². The van der Waals surface area contributed by atoms with E-state index in [0.717, 1.165) is 10.9 Å². The highest BCUT2D eigenvalue weighted by Gasteiger charge is 2.18. The molecule has 0 saturated heterocycles. The van der Waals surface area contributed by atoms with Crippen molar-refractivity contribution in [1.82, 2.24) is 19.7 Å². The summed E-state index contributed by atoms with van der Waals surface area (Å²) in [5, 5.41) is 5.94. The van der Waals surface area contributed by atoms with Crippen LogP contribution in [-0.2, 0) is 0 Å². The molecule has 6 heteroatoms. The van der Waals surface area contributed by atoms with Crippen molar-refractivity contribution < 1.29 is 0 Å². The van der Waals surface area contributed by atoms with Crippen LogP contribution in [0.4, 0.5) is 0 Å². The molecule has 0 unspecified atom stereocenters. The summed E-state index contributed by atoms with van der Waals surface area (Å²) in [5.74, 6) is 0. The Bertz CT molecular complexity index is 971. The summed E-state index contributed by atoms with van der Waals surface area (Å²) in [5.41, 5.74) is 2.56. The maximum Gasteiger partial charge on any atom is 0.282 e. The van der Waals surface area contributed by atoms with Crippen LogP contribution in [0.15, 0.2) is 53.7 Å². The molecule has 2 aromatic rings. The van der Waals surface area contributed by atoms with Gasteiger partial charge >= 0.3 is 0 Å². The third kappa shape index (κ3) is 1.82. The number of benzene rings is 1. The van der Waals surface area contributed by atoms with Crippen LogP contribution >= 0.6 is 11.6 Å². The summed E-state index contributed by atoms with van der Waals surface area (Å²) < 4.78 is 1.38. The molecule has 0 bridgehead atoms. The van der Waals surface area contributed by atoms with Crippen LogP contribution in [0.2, 0.25) is 5.02 Å². The fourth-order valence-corrected chi connectivity index (χ4v) is 2.49. The minimum absolute atomic E-state index is 0.165. The average Bonchev–Trinajstić information content (AvgIpc) is 2.86. The van der Waals surface area contributed by atoms with Crippen LogP contribution in [0.25, 0.3) is 27.8 Å². The molecule has 2 aliphatic heterocycles. The average molecular weight is 297 g/mol. The molecule has 0 amide bonds. The number of nitrogens with zero attached hydrogens (tertiary/aromatic N) is 3. The lowest BCUT2D eigenvalue weighted by molar-refractivity contribution is 0.859. The van der Waals surface area contributed by atoms with E-state index in [2.05, 4.69) is 15.1 Å². The zero-order valence-corrected chi connectivity index (χ0v) is 11.5. The molecular formula is C15H9ClN4O. The maximum atomic E-state index is 12.5. The number of aromatic nitrogens is 4. The number of hydrogen-bond acceptors (Lipinski definition) is 3. The Morgan fingerprint density at radius 1 is 1.14 bits per heavy atom. The minimum atomic E-state index is -0.165. The number of fused-ring (bicyclic) bond motifs is 3. The first kappa shape index (κ1) is 12.1. The van der Waals surface area contributed by atoms with Crippen LogP contribution in [0.1, 0.15) is 0 Å². The van der Waals surface area contributed by atoms with Crippen LogP contribution in [0.5, 0.6) is 0 Å². The van der Waals surface area contributed by atoms with E-state index in [-0.39, 0.29) is 5.56 Å². The van der Waals surface area contributed by atoms with Gasteiger partial charge in [0.25, 0.3) is 5.56 Å². The van der Waals surface area contributed by atoms with E-state index in [4.69, 9.17) is 11.6 Å². The van der Waals surface area contributed by atoms with E-state index < -0.39 is 0 Å². The highest BCUT2D eigenvalue weighted by Crippen LogP contribution is 2.25. The van der Waals surface area contributed by atoms with Crippen LogP contribution in [-0.4, -0.2) is 19.7 Å². The Morgan fingerprint density at radius 3 is 2.76 bits per heavy atom. The molecule has 1 N–H and O–H groups in total. The van der Waals surface area contributed by atoms with E-state index in [0.29, 0.717) is 22.0 Å². The molecular weight excluding hydrogens is 288 g/mol. The highest BCUT2D eigenvalue weighted by molar-refractivity contribution is 6.30. The fourth-order valence-electron chi connectivity index (χ4n) is 2.37. The minimum Gasteiger partial charge on any atom is -0.359 e. The Balaban J connectivity index is 2.05. The maximum absolute atomic E-state index is 12.5. The van der Waals surface area contributed by atoms with Gasteiger partial charge in [-0.2, -0.15) is 9.78 Å². The van der Waals surface area contributed by atoms with E-state index in [1.807, 2.05) is 6.07 Å². The molecule has 0 atom stereocenters. The molecule has 0 radical (unpaired) electrons. The summed E-state index contributed by atoms with van der Waals surface area (Å²) in [6, 6.07) is 8.84. The third-order valence-electron chi connectivity index (χ3n) is 3.40. The Labute approximate surface area is 124 Å². The monoisotopic (exact) mass is 296 g/mol. The van der Waals surface area contributed by atoms with Gasteiger partial charge in [0.2, 0.25) is 0 Å². The van der Waals surface area contributed by atoms with Crippen LogP contribution in [0.3, 0.4) is 0 Å². The zero-order chi connectivity index (χ0) is 14.4. The lowest BCUT2D eigenvalue weighted by Gasteiger charge is -2.00. The molecule has 4 rings (SSSR count). The molecule has 1 aromatic heterocycles. The van der Waals surface area contributed by atoms with Gasteiger partial charge in [0.15, 0.2) is 0 Å². The summed E-state index contributed by atoms with van der Waals surface area (Å²) in [6.07, 6.45) is 5.06. The van der Waals surface area contributed by atoms with Crippen molar-refractivity contribution in [3.05, 3.63) is 64.3 Å². The molecule has 2 aliphatic rings. The Morgan fingerprint density at radius 2 is 1.95 bits per heavy atom. The molecule has 3 heterocycles. The van der Waals surface area contributed by atoms with Gasteiger partial charge in [0.05, 0.1) is 23.0 Å². The second kappa shape index (κ2) is 4.43. The number of halogens is 1. The molecule has 21 heavy (non-hydrogen) atoms. The summed E-state index contributed by atoms with van der Waals surface area (Å²) in [7, 11) is 0. The number of nitrogens with one attached hydrogen (secondary N) is 1. The standard InChI is InChI=1S/C15H9ClN4O/c16-9-1-3-10(4-2-9)20-15(21)12-7-18-13-8-17-6-5-11(13)14(12)19-20/h1-8,18H. The van der Waals surface area contributed by atoms with E-state index >= 15 is 0 Å². The van der Waals surface area contributed by atoms with Gasteiger partial charge in [-0.3, -0.25) is 9.78 Å². The summed E-state index contributed by atoms with van der Waals surface area (Å²) >= 11 is 5.88. The fraction of sp³-hybridized carbons (Fsp3) is 0. The van der Waals surface area contributed by atoms with Gasteiger partial charge < -0.3 is 4.98 Å². The van der Waals surface area contributed by atoms with Gasteiger partial charge in [-0.1, -0.05) is 11.6 Å². The van der Waals surface area contributed by atoms with Crippen molar-refractivity contribution in [1.29, 1.82) is 0 Å². The number of H-pyrrole nitrogens is 1. The number of pyridine rings is 2. The van der Waals surface area contributed by atoms with E-state index in [1.54, 1.807) is 42.9 Å². The first-order valence-corrected chi connectivity index (χ1v) is 6.72. The molecule has 102 valence electrons. The molecule has 0 fully saturated rings. The predicted octanol–water partition coefficient (Wildman–Crippen LogP) is 2.87. The van der Waals surface area contributed by atoms with Crippen molar-refractivity contribution in [2.75, 3.05) is 0 Å². The van der Waals surface area contributed by atoms with Gasteiger partial charge in [0, 0.05) is 22.8 Å². The first-order chi connectivity index (χ1) is 10.2. The smallest absolute Gasteiger partial charge is 0.282 e. The van der Waals surface area contributed by atoms with E-state index in [9.17, 15) is 4.79 Å². The topological polar surface area (TPSA) is 63.6 Å². The SMILES string of the molecule is O=c1c2c[nH]c3cnccc3c-2nn1-c1ccc(Cl)cc1. The Hall–Kier alpha value is -2.66. The molecule has 1 aromatic carbocycles. The van der Waals surface area contributed by atoms with Gasteiger partial charge in [0.1, 0.15) is 5.69 Å². The predicted molar refractivity (Wildman–Crippen MR) is 81.1 cm³/mol. The van der Waals surface area contributed by atoms with Gasteiger partial charge in [-0.15, -0.1) is 0 Å². The molecule has 0 aliphatic carbocycles. The molecule has 5 nitrogen and oxygen atoms in total. The van der Waals surface area contributed by atoms with E-state index in [1.165, 1.54) is 4.68 Å². The van der Waals surface area contributed by atoms with Gasteiger partial charge in [-0.25, -0.2) is 0 Å². The lowest BCUT2D eigenvalue weighted by Crippen LogP contribution is -2.14. The van der Waals surface area contributed by atoms with Crippen LogP contribution in [0, 0.1) is 0 Å². The molecule has 0 spiro atoms. The molecule has 0 saturated carbocycles. The van der Waals surface area contributed by atoms with Crippen molar-refractivity contribution in [3.63, 3.8) is 0 Å². The van der Waals surface area contributed by atoms with Crippen molar-refractivity contribution in [3.8, 4) is 16.9 Å².